The molecule has 1 aromatic heterocycles. The number of nitrogens with one attached hydrogen (secondary N) is 2. The summed E-state index contributed by atoms with van der Waals surface area (Å²) < 4.78 is 10.9. The number of rotatable bonds is 10. The minimum atomic E-state index is -0.400. The van der Waals surface area contributed by atoms with E-state index in [1.165, 1.54) is 11.3 Å². The number of esters is 1. The number of carbonyl (C=O) groups excluding carboxylic acids is 3. The summed E-state index contributed by atoms with van der Waals surface area (Å²) in [5, 5.41) is 6.28. The van der Waals surface area contributed by atoms with E-state index >= 15 is 0 Å². The lowest BCUT2D eigenvalue weighted by Gasteiger charge is -2.18. The third-order valence-corrected chi connectivity index (χ3v) is 7.44. The summed E-state index contributed by atoms with van der Waals surface area (Å²) in [6.07, 6.45) is 3.46. The van der Waals surface area contributed by atoms with Crippen LogP contribution in [-0.2, 0) is 28.8 Å². The summed E-state index contributed by atoms with van der Waals surface area (Å²) in [6.45, 7) is 4.56. The Bertz CT molecular complexity index is 1240. The van der Waals surface area contributed by atoms with Gasteiger partial charge in [0.1, 0.15) is 10.8 Å². The molecule has 3 aromatic rings. The Morgan fingerprint density at radius 1 is 1.05 bits per heavy atom. The maximum atomic E-state index is 12.7. The van der Waals surface area contributed by atoms with Gasteiger partial charge in [0.2, 0.25) is 0 Å². The molecule has 4 rings (SSSR count). The van der Waals surface area contributed by atoms with Gasteiger partial charge in [-0.05, 0) is 73.9 Å². The van der Waals surface area contributed by atoms with Gasteiger partial charge in [-0.3, -0.25) is 9.59 Å². The third-order valence-electron chi connectivity index (χ3n) is 6.27. The maximum absolute atomic E-state index is 12.7. The van der Waals surface area contributed by atoms with Crippen molar-refractivity contribution in [2.45, 2.75) is 39.5 Å². The molecule has 2 aromatic carbocycles. The molecule has 1 heterocycles. The molecule has 0 fully saturated rings. The van der Waals surface area contributed by atoms with Gasteiger partial charge in [-0.1, -0.05) is 37.3 Å². The van der Waals surface area contributed by atoms with Gasteiger partial charge in [-0.15, -0.1) is 11.3 Å². The Kier molecular flexibility index (Phi) is 8.95. The number of carbonyl (C=O) groups is 3. The maximum Gasteiger partial charge on any atom is 0.341 e. The quantitative estimate of drug-likeness (QED) is 0.365. The van der Waals surface area contributed by atoms with Crippen LogP contribution in [0.25, 0.3) is 0 Å². The zero-order chi connectivity index (χ0) is 26.2. The number of ether oxygens (including phenoxy) is 2. The number of amides is 2. The number of benzene rings is 2. The minimum absolute atomic E-state index is 0.164. The van der Waals surface area contributed by atoms with Gasteiger partial charge in [0, 0.05) is 17.0 Å². The highest BCUT2D eigenvalue weighted by atomic mass is 32.1. The molecule has 0 saturated carbocycles. The van der Waals surface area contributed by atoms with E-state index in [1.54, 1.807) is 31.2 Å². The summed E-state index contributed by atoms with van der Waals surface area (Å²) in [5.74, 6) is 0.0916. The van der Waals surface area contributed by atoms with Crippen LogP contribution in [0.2, 0.25) is 0 Å². The Balaban J connectivity index is 1.30. The van der Waals surface area contributed by atoms with E-state index in [0.717, 1.165) is 41.7 Å². The van der Waals surface area contributed by atoms with Crippen LogP contribution in [0.3, 0.4) is 0 Å². The van der Waals surface area contributed by atoms with Crippen LogP contribution in [0.4, 0.5) is 5.00 Å². The van der Waals surface area contributed by atoms with Crippen molar-refractivity contribution in [2.75, 3.05) is 25.1 Å². The summed E-state index contributed by atoms with van der Waals surface area (Å²) in [7, 11) is 0. The Labute approximate surface area is 221 Å². The first-order valence-corrected chi connectivity index (χ1v) is 13.4. The highest BCUT2D eigenvalue weighted by molar-refractivity contribution is 7.17. The van der Waals surface area contributed by atoms with E-state index in [1.807, 2.05) is 30.3 Å². The molecular formula is C29H32N2O5S. The fraction of sp³-hybridized carbons (Fsp3) is 0.345. The molecule has 0 bridgehead atoms. The summed E-state index contributed by atoms with van der Waals surface area (Å²) >= 11 is 1.45. The number of anilines is 1. The van der Waals surface area contributed by atoms with Crippen molar-refractivity contribution in [3.05, 3.63) is 81.7 Å². The SMILES string of the molecule is CCOC(=O)c1c(NC(=O)COc2ccc(C(=O)NCCc3ccccc3)cc2)sc2c1CCC(C)C2. The fourth-order valence-electron chi connectivity index (χ4n) is 4.34. The number of hydrogen-bond acceptors (Lipinski definition) is 6. The van der Waals surface area contributed by atoms with Crippen molar-refractivity contribution < 1.29 is 23.9 Å². The van der Waals surface area contributed by atoms with Gasteiger partial charge in [0.15, 0.2) is 6.61 Å². The van der Waals surface area contributed by atoms with Gasteiger partial charge in [0.05, 0.1) is 12.2 Å². The predicted octanol–water partition coefficient (Wildman–Crippen LogP) is 5.04. The molecule has 194 valence electrons. The molecule has 1 aliphatic carbocycles. The highest BCUT2D eigenvalue weighted by Crippen LogP contribution is 2.40. The number of hydrogen-bond donors (Lipinski definition) is 2. The molecule has 1 atom stereocenters. The van der Waals surface area contributed by atoms with E-state index in [4.69, 9.17) is 9.47 Å². The molecule has 1 aliphatic rings. The molecule has 0 aliphatic heterocycles. The standard InChI is InChI=1S/C29H32N2O5S/c1-3-35-29(34)26-23-14-9-19(2)17-24(23)37-28(26)31-25(32)18-36-22-12-10-21(11-13-22)27(33)30-16-15-20-7-5-4-6-8-20/h4-8,10-13,19H,3,9,14-18H2,1-2H3,(H,30,33)(H,31,32). The molecule has 7 nitrogen and oxygen atoms in total. The van der Waals surface area contributed by atoms with Crippen molar-refractivity contribution >= 4 is 34.1 Å². The first kappa shape index (κ1) is 26.4. The topological polar surface area (TPSA) is 93.7 Å². The van der Waals surface area contributed by atoms with Gasteiger partial charge in [-0.2, -0.15) is 0 Å². The fourth-order valence-corrected chi connectivity index (χ4v) is 5.75. The van der Waals surface area contributed by atoms with Crippen LogP contribution in [0.5, 0.6) is 5.75 Å². The second kappa shape index (κ2) is 12.5. The van der Waals surface area contributed by atoms with Crippen molar-refractivity contribution in [3.8, 4) is 5.75 Å². The van der Waals surface area contributed by atoms with Gasteiger partial charge in [-0.25, -0.2) is 4.79 Å². The Morgan fingerprint density at radius 3 is 2.54 bits per heavy atom. The van der Waals surface area contributed by atoms with Crippen molar-refractivity contribution in [2.24, 2.45) is 5.92 Å². The van der Waals surface area contributed by atoms with Crippen LogP contribution in [0, 0.1) is 5.92 Å². The van der Waals surface area contributed by atoms with E-state index in [2.05, 4.69) is 17.6 Å². The molecule has 2 amide bonds. The van der Waals surface area contributed by atoms with Crippen LogP contribution < -0.4 is 15.4 Å². The van der Waals surface area contributed by atoms with Crippen LogP contribution in [0.1, 0.15) is 57.0 Å². The number of fused-ring (bicyclic) bond motifs is 1. The molecular weight excluding hydrogens is 488 g/mol. The normalized spacial score (nSPS) is 14.4. The zero-order valence-electron chi connectivity index (χ0n) is 21.2. The summed E-state index contributed by atoms with van der Waals surface area (Å²) in [6, 6.07) is 16.6. The molecule has 2 N–H and O–H groups in total. The van der Waals surface area contributed by atoms with Gasteiger partial charge in [0.25, 0.3) is 11.8 Å². The zero-order valence-corrected chi connectivity index (χ0v) is 22.0. The molecule has 0 spiro atoms. The minimum Gasteiger partial charge on any atom is -0.484 e. The smallest absolute Gasteiger partial charge is 0.341 e. The van der Waals surface area contributed by atoms with E-state index in [9.17, 15) is 14.4 Å². The van der Waals surface area contributed by atoms with Crippen LogP contribution in [0.15, 0.2) is 54.6 Å². The average molecular weight is 521 g/mol. The van der Waals surface area contributed by atoms with Crippen LogP contribution >= 0.6 is 11.3 Å². The monoisotopic (exact) mass is 520 g/mol. The van der Waals surface area contributed by atoms with E-state index in [-0.39, 0.29) is 25.0 Å². The van der Waals surface area contributed by atoms with Crippen molar-refractivity contribution in [1.29, 1.82) is 0 Å². The first-order valence-electron chi connectivity index (χ1n) is 12.6. The lowest BCUT2D eigenvalue weighted by Crippen LogP contribution is -2.25. The number of thiophene rings is 1. The largest absolute Gasteiger partial charge is 0.484 e. The summed E-state index contributed by atoms with van der Waals surface area (Å²) in [5.41, 5.74) is 3.15. The molecule has 0 saturated heterocycles. The second-order valence-corrected chi connectivity index (χ2v) is 10.2. The molecule has 0 radical (unpaired) electrons. The van der Waals surface area contributed by atoms with Gasteiger partial charge >= 0.3 is 5.97 Å². The molecule has 1 unspecified atom stereocenters. The Morgan fingerprint density at radius 2 is 1.81 bits per heavy atom. The summed E-state index contributed by atoms with van der Waals surface area (Å²) in [4.78, 5) is 38.8. The van der Waals surface area contributed by atoms with Gasteiger partial charge < -0.3 is 20.1 Å². The predicted molar refractivity (Wildman–Crippen MR) is 145 cm³/mol. The molecule has 37 heavy (non-hydrogen) atoms. The van der Waals surface area contributed by atoms with E-state index < -0.39 is 5.97 Å². The van der Waals surface area contributed by atoms with E-state index in [0.29, 0.717) is 34.3 Å². The molecule has 8 heteroatoms. The Hall–Kier alpha value is -3.65. The van der Waals surface area contributed by atoms with Crippen LogP contribution in [-0.4, -0.2) is 37.5 Å². The third kappa shape index (κ3) is 6.98. The van der Waals surface area contributed by atoms with Crippen molar-refractivity contribution in [3.63, 3.8) is 0 Å². The highest BCUT2D eigenvalue weighted by Gasteiger charge is 2.29. The van der Waals surface area contributed by atoms with Crippen molar-refractivity contribution in [1.82, 2.24) is 5.32 Å². The lowest BCUT2D eigenvalue weighted by atomic mass is 9.88. The first-order chi connectivity index (χ1) is 17.9. The second-order valence-electron chi connectivity index (χ2n) is 9.13. The lowest BCUT2D eigenvalue weighted by molar-refractivity contribution is -0.118. The average Bonchev–Trinajstić information content (AvgIpc) is 3.25.